The summed E-state index contributed by atoms with van der Waals surface area (Å²) in [5.41, 5.74) is 2.92. The van der Waals surface area contributed by atoms with Crippen LogP contribution in [0.4, 0.5) is 0 Å². The zero-order valence-electron chi connectivity index (χ0n) is 8.65. The molecule has 0 saturated carbocycles. The smallest absolute Gasteiger partial charge is 0.0412 e. The first-order chi connectivity index (χ1) is 6.85. The molecule has 0 amide bonds. The van der Waals surface area contributed by atoms with E-state index in [9.17, 15) is 0 Å². The van der Waals surface area contributed by atoms with Crippen LogP contribution < -0.4 is 11.3 Å². The van der Waals surface area contributed by atoms with Crippen LogP contribution in [-0.4, -0.2) is 54.6 Å². The topological polar surface area (TPSA) is 44.5 Å². The van der Waals surface area contributed by atoms with Crippen LogP contribution in [0.25, 0.3) is 0 Å². The summed E-state index contributed by atoms with van der Waals surface area (Å²) in [4.78, 5) is 5.08. The second kappa shape index (κ2) is 4.40. The molecular weight excluding hydrogens is 176 g/mol. The van der Waals surface area contributed by atoms with Crippen LogP contribution in [0.15, 0.2) is 12.7 Å². The van der Waals surface area contributed by atoms with Gasteiger partial charge in [0.2, 0.25) is 0 Å². The highest BCUT2D eigenvalue weighted by Crippen LogP contribution is 2.19. The van der Waals surface area contributed by atoms with Crippen molar-refractivity contribution in [1.29, 1.82) is 0 Å². The van der Waals surface area contributed by atoms with E-state index in [1.165, 1.54) is 26.2 Å². The van der Waals surface area contributed by atoms with Crippen LogP contribution in [0.3, 0.4) is 0 Å². The van der Waals surface area contributed by atoms with Crippen molar-refractivity contribution in [3.8, 4) is 0 Å². The molecule has 2 bridgehead atoms. The van der Waals surface area contributed by atoms with Crippen LogP contribution in [0, 0.1) is 0 Å². The lowest BCUT2D eigenvalue weighted by atomic mass is 9.98. The van der Waals surface area contributed by atoms with E-state index in [4.69, 9.17) is 5.84 Å². The van der Waals surface area contributed by atoms with Crippen LogP contribution >= 0.6 is 0 Å². The largest absolute Gasteiger partial charge is 0.299 e. The van der Waals surface area contributed by atoms with Gasteiger partial charge in [-0.1, -0.05) is 6.08 Å². The maximum absolute atomic E-state index is 5.58. The van der Waals surface area contributed by atoms with Crippen molar-refractivity contribution in [3.63, 3.8) is 0 Å². The van der Waals surface area contributed by atoms with Gasteiger partial charge in [0.15, 0.2) is 0 Å². The fraction of sp³-hybridized carbons (Fsp3) is 0.800. The average Bonchev–Trinajstić information content (AvgIpc) is 2.27. The lowest BCUT2D eigenvalue weighted by Crippen LogP contribution is -2.66. The molecule has 3 aliphatic heterocycles. The number of hydrazine groups is 1. The number of fused-ring (bicyclic) bond motifs is 3. The van der Waals surface area contributed by atoms with Crippen molar-refractivity contribution in [2.45, 2.75) is 18.5 Å². The van der Waals surface area contributed by atoms with Gasteiger partial charge < -0.3 is 0 Å². The third-order valence-corrected chi connectivity index (χ3v) is 3.42. The van der Waals surface area contributed by atoms with Crippen molar-refractivity contribution in [1.82, 2.24) is 15.2 Å². The Morgan fingerprint density at radius 2 is 2.14 bits per heavy atom. The third-order valence-electron chi connectivity index (χ3n) is 3.42. The maximum Gasteiger partial charge on any atom is 0.0412 e. The summed E-state index contributed by atoms with van der Waals surface area (Å²) < 4.78 is 0. The van der Waals surface area contributed by atoms with Crippen LogP contribution in [0.5, 0.6) is 0 Å². The highest BCUT2D eigenvalue weighted by Gasteiger charge is 2.35. The van der Waals surface area contributed by atoms with E-state index in [-0.39, 0.29) is 0 Å². The lowest BCUT2D eigenvalue weighted by Gasteiger charge is -2.49. The Bertz CT molecular complexity index is 198. The Labute approximate surface area is 85.7 Å². The fourth-order valence-corrected chi connectivity index (χ4v) is 2.56. The number of nitrogens with one attached hydrogen (secondary N) is 1. The first-order valence-corrected chi connectivity index (χ1v) is 5.38. The normalized spacial score (nSPS) is 38.2. The molecule has 0 aromatic heterocycles. The first kappa shape index (κ1) is 10.1. The lowest BCUT2D eigenvalue weighted by molar-refractivity contribution is -0.00274. The van der Waals surface area contributed by atoms with Crippen LogP contribution in [0.1, 0.15) is 6.42 Å². The minimum Gasteiger partial charge on any atom is -0.299 e. The zero-order chi connectivity index (χ0) is 9.97. The first-order valence-electron chi connectivity index (χ1n) is 5.38. The minimum atomic E-state index is 0.357. The number of rotatable bonds is 4. The molecule has 0 aliphatic carbocycles. The third kappa shape index (κ3) is 1.83. The van der Waals surface area contributed by atoms with Crippen molar-refractivity contribution < 1.29 is 0 Å². The second-order valence-electron chi connectivity index (χ2n) is 4.20. The second-order valence-corrected chi connectivity index (χ2v) is 4.20. The van der Waals surface area contributed by atoms with Gasteiger partial charge in [-0.25, -0.2) is 0 Å². The van der Waals surface area contributed by atoms with E-state index in [1.54, 1.807) is 0 Å². The number of nitrogens with zero attached hydrogens (tertiary/aromatic N) is 2. The van der Waals surface area contributed by atoms with Crippen molar-refractivity contribution >= 4 is 0 Å². The van der Waals surface area contributed by atoms with Crippen molar-refractivity contribution in [3.05, 3.63) is 12.7 Å². The van der Waals surface area contributed by atoms with Gasteiger partial charge in [0.1, 0.15) is 0 Å². The molecule has 2 unspecified atom stereocenters. The quantitative estimate of drug-likeness (QED) is 0.358. The highest BCUT2D eigenvalue weighted by atomic mass is 15.4. The summed E-state index contributed by atoms with van der Waals surface area (Å²) in [6.07, 6.45) is 2.90. The molecular formula is C10H20N4. The Morgan fingerprint density at radius 3 is 2.57 bits per heavy atom. The Kier molecular flexibility index (Phi) is 3.18. The number of hydrogen-bond donors (Lipinski definition) is 2. The summed E-state index contributed by atoms with van der Waals surface area (Å²) in [5.74, 6) is 5.58. The van der Waals surface area contributed by atoms with E-state index < -0.39 is 0 Å². The predicted molar refractivity (Wildman–Crippen MR) is 57.7 cm³/mol. The molecule has 14 heavy (non-hydrogen) atoms. The zero-order valence-corrected chi connectivity index (χ0v) is 8.65. The molecule has 2 atom stereocenters. The molecule has 0 spiro atoms. The van der Waals surface area contributed by atoms with Gasteiger partial charge in [-0.05, 0) is 6.42 Å². The van der Waals surface area contributed by atoms with Gasteiger partial charge >= 0.3 is 0 Å². The van der Waals surface area contributed by atoms with Crippen LogP contribution in [-0.2, 0) is 0 Å². The SMILES string of the molecule is C=CCC(NN)C1CN2CCN1CC2. The minimum absolute atomic E-state index is 0.357. The summed E-state index contributed by atoms with van der Waals surface area (Å²) >= 11 is 0. The Hall–Kier alpha value is -0.420. The van der Waals surface area contributed by atoms with Crippen LogP contribution in [0.2, 0.25) is 0 Å². The molecule has 0 radical (unpaired) electrons. The molecule has 3 saturated heterocycles. The number of nitrogens with two attached hydrogens (primary N) is 1. The summed E-state index contributed by atoms with van der Waals surface area (Å²) in [5, 5.41) is 0. The number of hydrogen-bond acceptors (Lipinski definition) is 4. The average molecular weight is 196 g/mol. The predicted octanol–water partition coefficient (Wildman–Crippen LogP) is -0.606. The van der Waals surface area contributed by atoms with Gasteiger partial charge in [-0.3, -0.25) is 21.1 Å². The molecule has 3 fully saturated rings. The van der Waals surface area contributed by atoms with Crippen molar-refractivity contribution in [2.75, 3.05) is 32.7 Å². The van der Waals surface area contributed by atoms with Gasteiger partial charge in [0, 0.05) is 44.8 Å². The number of piperazine rings is 3. The van der Waals surface area contributed by atoms with Gasteiger partial charge in [-0.15, -0.1) is 6.58 Å². The summed E-state index contributed by atoms with van der Waals surface area (Å²) in [6, 6.07) is 0.927. The molecule has 3 rings (SSSR count). The Balaban J connectivity index is 1.98. The molecule has 80 valence electrons. The molecule has 3 heterocycles. The summed E-state index contributed by atoms with van der Waals surface area (Å²) in [6.45, 7) is 9.77. The maximum atomic E-state index is 5.58. The summed E-state index contributed by atoms with van der Waals surface area (Å²) in [7, 11) is 0. The molecule has 3 aliphatic rings. The fourth-order valence-electron chi connectivity index (χ4n) is 2.56. The van der Waals surface area contributed by atoms with Gasteiger partial charge in [0.05, 0.1) is 0 Å². The van der Waals surface area contributed by atoms with Gasteiger partial charge in [0.25, 0.3) is 0 Å². The standard InChI is InChI=1S/C10H20N4/c1-2-3-9(12-11)10-8-13-4-6-14(10)7-5-13/h2,9-10,12H,1,3-8,11H2. The Morgan fingerprint density at radius 1 is 1.43 bits per heavy atom. The van der Waals surface area contributed by atoms with E-state index in [1.807, 2.05) is 6.08 Å². The molecule has 4 nitrogen and oxygen atoms in total. The van der Waals surface area contributed by atoms with E-state index in [0.29, 0.717) is 12.1 Å². The molecule has 0 aromatic carbocycles. The van der Waals surface area contributed by atoms with Gasteiger partial charge in [-0.2, -0.15) is 0 Å². The highest BCUT2D eigenvalue weighted by molar-refractivity contribution is 4.96. The van der Waals surface area contributed by atoms with E-state index in [0.717, 1.165) is 13.0 Å². The molecule has 4 heteroatoms. The van der Waals surface area contributed by atoms with E-state index >= 15 is 0 Å². The molecule has 0 aromatic rings. The van der Waals surface area contributed by atoms with Crippen molar-refractivity contribution in [2.24, 2.45) is 5.84 Å². The molecule has 3 N–H and O–H groups in total. The van der Waals surface area contributed by atoms with E-state index in [2.05, 4.69) is 21.8 Å². The monoisotopic (exact) mass is 196 g/mol.